The van der Waals surface area contributed by atoms with Crippen molar-refractivity contribution < 1.29 is 22.7 Å². The molecule has 44 heavy (non-hydrogen) atoms. The number of anilines is 1. The maximum absolute atomic E-state index is 14.2. The van der Waals surface area contributed by atoms with Gasteiger partial charge in [0.1, 0.15) is 24.1 Å². The number of halogens is 1. The van der Waals surface area contributed by atoms with Gasteiger partial charge in [0, 0.05) is 24.0 Å². The Hall–Kier alpha value is -4.15. The minimum absolute atomic E-state index is 0.108. The van der Waals surface area contributed by atoms with Crippen LogP contribution in [0.2, 0.25) is 0 Å². The summed E-state index contributed by atoms with van der Waals surface area (Å²) < 4.78 is 33.8. The minimum Gasteiger partial charge on any atom is -0.457 e. The van der Waals surface area contributed by atoms with Crippen LogP contribution in [0.3, 0.4) is 0 Å². The normalized spacial score (nSPS) is 11.8. The number of para-hydroxylation sites is 1. The first-order valence-electron chi connectivity index (χ1n) is 14.3. The molecule has 0 aliphatic carbocycles. The van der Waals surface area contributed by atoms with E-state index in [9.17, 15) is 18.0 Å². The lowest BCUT2D eigenvalue weighted by Gasteiger charge is -2.33. The zero-order valence-electron chi connectivity index (χ0n) is 24.7. The third-order valence-corrected chi connectivity index (χ3v) is 8.48. The summed E-state index contributed by atoms with van der Waals surface area (Å²) >= 11 is 3.49. The summed E-state index contributed by atoms with van der Waals surface area (Å²) in [6.07, 6.45) is 2.05. The monoisotopic (exact) mass is 677 g/mol. The van der Waals surface area contributed by atoms with Crippen LogP contribution in [0, 0.1) is 0 Å². The molecular weight excluding hydrogens is 642 g/mol. The average molecular weight is 679 g/mol. The number of sulfonamides is 1. The number of hydrogen-bond acceptors (Lipinski definition) is 5. The van der Waals surface area contributed by atoms with Gasteiger partial charge in [-0.05, 0) is 66.1 Å². The molecule has 0 unspecified atom stereocenters. The number of benzene rings is 4. The van der Waals surface area contributed by atoms with E-state index in [4.69, 9.17) is 4.74 Å². The number of ether oxygens (including phenoxy) is 1. The highest BCUT2D eigenvalue weighted by molar-refractivity contribution is 9.10. The smallest absolute Gasteiger partial charge is 0.244 e. The fraction of sp³-hybridized carbons (Fsp3) is 0.235. The Morgan fingerprint density at radius 1 is 0.841 bits per heavy atom. The minimum atomic E-state index is -3.88. The first kappa shape index (κ1) is 32.8. The van der Waals surface area contributed by atoms with Gasteiger partial charge in [-0.2, -0.15) is 0 Å². The SMILES string of the molecule is CCCNC(=O)[C@@H](Cc1ccccc1)N(Cc1cccc(Br)c1)C(=O)CN(c1ccc(Oc2ccccc2)cc1)S(C)(=O)=O. The third kappa shape index (κ3) is 9.42. The Kier molecular flexibility index (Phi) is 11.6. The number of nitrogens with zero attached hydrogens (tertiary/aromatic N) is 2. The van der Waals surface area contributed by atoms with E-state index in [1.165, 1.54) is 4.90 Å². The molecule has 10 heteroatoms. The van der Waals surface area contributed by atoms with E-state index in [1.54, 1.807) is 24.3 Å². The largest absolute Gasteiger partial charge is 0.457 e. The van der Waals surface area contributed by atoms with Crippen molar-refractivity contribution in [1.29, 1.82) is 0 Å². The summed E-state index contributed by atoms with van der Waals surface area (Å²) in [5.74, 6) is 0.357. The number of carbonyl (C=O) groups is 2. The van der Waals surface area contributed by atoms with E-state index >= 15 is 0 Å². The van der Waals surface area contributed by atoms with Crippen LogP contribution in [-0.2, 0) is 32.6 Å². The Morgan fingerprint density at radius 3 is 2.07 bits per heavy atom. The van der Waals surface area contributed by atoms with Gasteiger partial charge < -0.3 is 15.0 Å². The summed E-state index contributed by atoms with van der Waals surface area (Å²) in [6, 6.07) is 31.8. The highest BCUT2D eigenvalue weighted by Gasteiger charge is 2.33. The van der Waals surface area contributed by atoms with Gasteiger partial charge in [0.2, 0.25) is 21.8 Å². The Labute approximate surface area is 267 Å². The Balaban J connectivity index is 1.67. The molecule has 0 saturated carbocycles. The molecule has 0 fully saturated rings. The molecule has 0 aromatic heterocycles. The highest BCUT2D eigenvalue weighted by Crippen LogP contribution is 2.26. The highest BCUT2D eigenvalue weighted by atomic mass is 79.9. The van der Waals surface area contributed by atoms with Crippen molar-refractivity contribution in [3.05, 3.63) is 125 Å². The molecule has 0 bridgehead atoms. The zero-order chi connectivity index (χ0) is 31.5. The number of amides is 2. The summed E-state index contributed by atoms with van der Waals surface area (Å²) in [7, 11) is -3.88. The van der Waals surface area contributed by atoms with E-state index < -0.39 is 28.5 Å². The van der Waals surface area contributed by atoms with Crippen molar-refractivity contribution in [2.75, 3.05) is 23.7 Å². The lowest BCUT2D eigenvalue weighted by Crippen LogP contribution is -2.53. The maximum Gasteiger partial charge on any atom is 0.244 e. The second kappa shape index (κ2) is 15.5. The predicted molar refractivity (Wildman–Crippen MR) is 177 cm³/mol. The van der Waals surface area contributed by atoms with Crippen LogP contribution in [0.5, 0.6) is 11.5 Å². The summed E-state index contributed by atoms with van der Waals surface area (Å²) in [6.45, 7) is 2.03. The number of hydrogen-bond donors (Lipinski definition) is 1. The fourth-order valence-electron chi connectivity index (χ4n) is 4.67. The summed E-state index contributed by atoms with van der Waals surface area (Å²) in [4.78, 5) is 29.3. The van der Waals surface area contributed by atoms with Crippen molar-refractivity contribution in [1.82, 2.24) is 10.2 Å². The molecule has 0 spiro atoms. The fourth-order valence-corrected chi connectivity index (χ4v) is 5.97. The van der Waals surface area contributed by atoms with Gasteiger partial charge in [0.15, 0.2) is 0 Å². The molecule has 0 heterocycles. The van der Waals surface area contributed by atoms with E-state index in [2.05, 4.69) is 21.2 Å². The topological polar surface area (TPSA) is 96.0 Å². The molecule has 4 aromatic carbocycles. The van der Waals surface area contributed by atoms with Crippen molar-refractivity contribution in [2.24, 2.45) is 0 Å². The van der Waals surface area contributed by atoms with Gasteiger partial charge in [-0.3, -0.25) is 13.9 Å². The predicted octanol–water partition coefficient (Wildman–Crippen LogP) is 6.17. The van der Waals surface area contributed by atoms with Gasteiger partial charge in [0.05, 0.1) is 11.9 Å². The molecule has 0 saturated heterocycles. The van der Waals surface area contributed by atoms with Gasteiger partial charge in [-0.1, -0.05) is 83.5 Å². The van der Waals surface area contributed by atoms with Crippen LogP contribution in [0.1, 0.15) is 24.5 Å². The number of rotatable bonds is 14. The number of carbonyl (C=O) groups excluding carboxylic acids is 2. The summed E-state index contributed by atoms with van der Waals surface area (Å²) in [5, 5.41) is 2.94. The average Bonchev–Trinajstić information content (AvgIpc) is 3.01. The molecule has 1 N–H and O–H groups in total. The van der Waals surface area contributed by atoms with Crippen molar-refractivity contribution >= 4 is 43.5 Å². The van der Waals surface area contributed by atoms with Crippen LogP contribution in [0.15, 0.2) is 114 Å². The van der Waals surface area contributed by atoms with E-state index in [0.29, 0.717) is 23.7 Å². The molecule has 0 aliphatic heterocycles. The zero-order valence-corrected chi connectivity index (χ0v) is 27.1. The van der Waals surface area contributed by atoms with E-state index in [1.807, 2.05) is 91.9 Å². The number of nitrogens with one attached hydrogen (secondary N) is 1. The van der Waals surface area contributed by atoms with Gasteiger partial charge in [0.25, 0.3) is 0 Å². The molecule has 0 radical (unpaired) electrons. The molecule has 8 nitrogen and oxygen atoms in total. The van der Waals surface area contributed by atoms with E-state index in [0.717, 1.165) is 32.6 Å². The van der Waals surface area contributed by atoms with Crippen molar-refractivity contribution in [3.63, 3.8) is 0 Å². The van der Waals surface area contributed by atoms with Crippen LogP contribution in [0.4, 0.5) is 5.69 Å². The first-order valence-corrected chi connectivity index (χ1v) is 16.9. The van der Waals surface area contributed by atoms with Crippen molar-refractivity contribution in [2.45, 2.75) is 32.4 Å². The Morgan fingerprint density at radius 2 is 1.45 bits per heavy atom. The molecule has 0 aliphatic rings. The van der Waals surface area contributed by atoms with Crippen LogP contribution < -0.4 is 14.4 Å². The molecule has 2 amide bonds. The Bertz CT molecular complexity index is 1630. The summed E-state index contributed by atoms with van der Waals surface area (Å²) in [5.41, 5.74) is 1.98. The molecule has 4 rings (SSSR count). The lowest BCUT2D eigenvalue weighted by atomic mass is 10.0. The van der Waals surface area contributed by atoms with Gasteiger partial charge >= 0.3 is 0 Å². The van der Waals surface area contributed by atoms with Gasteiger partial charge in [-0.25, -0.2) is 8.42 Å². The molecule has 1 atom stereocenters. The van der Waals surface area contributed by atoms with Crippen molar-refractivity contribution in [3.8, 4) is 11.5 Å². The van der Waals surface area contributed by atoms with Gasteiger partial charge in [-0.15, -0.1) is 0 Å². The third-order valence-electron chi connectivity index (χ3n) is 6.85. The van der Waals surface area contributed by atoms with E-state index in [-0.39, 0.29) is 18.9 Å². The maximum atomic E-state index is 14.2. The molecular formula is C34H36BrN3O5S. The molecule has 4 aromatic rings. The standard InChI is InChI=1S/C34H36BrN3O5S/c1-3-21-36-34(40)32(23-26-11-6-4-7-12-26)37(24-27-13-10-14-28(35)22-27)33(39)25-38(44(2,41)42)29-17-19-31(20-18-29)43-30-15-8-5-9-16-30/h4-20,22,32H,3,21,23-25H2,1-2H3,(H,36,40)/t32-/m1/s1. The van der Waals surface area contributed by atoms with Crippen LogP contribution in [0.25, 0.3) is 0 Å². The second-order valence-electron chi connectivity index (χ2n) is 10.3. The van der Waals surface area contributed by atoms with Crippen LogP contribution in [-0.4, -0.2) is 50.5 Å². The quantitative estimate of drug-likeness (QED) is 0.172. The lowest BCUT2D eigenvalue weighted by molar-refractivity contribution is -0.140. The molecule has 230 valence electrons. The second-order valence-corrected chi connectivity index (χ2v) is 13.1. The van der Waals surface area contributed by atoms with Crippen LogP contribution >= 0.6 is 15.9 Å². The first-order chi connectivity index (χ1) is 21.1.